The topological polar surface area (TPSA) is 20.2 Å². The highest BCUT2D eigenvalue weighted by Crippen LogP contribution is 2.18. The molecule has 0 aliphatic carbocycles. The summed E-state index contributed by atoms with van der Waals surface area (Å²) in [6, 6.07) is 4.37. The summed E-state index contributed by atoms with van der Waals surface area (Å²) < 4.78 is 0. The van der Waals surface area contributed by atoms with Crippen molar-refractivity contribution in [2.75, 3.05) is 0 Å². The molecule has 0 amide bonds. The van der Waals surface area contributed by atoms with E-state index in [1.54, 1.807) is 0 Å². The summed E-state index contributed by atoms with van der Waals surface area (Å²) in [5, 5.41) is 9.79. The van der Waals surface area contributed by atoms with Crippen LogP contribution in [-0.2, 0) is 0 Å². The first-order valence-corrected chi connectivity index (χ1v) is 6.48. The molecule has 0 saturated heterocycles. The third-order valence-electron chi connectivity index (χ3n) is 3.08. The van der Waals surface area contributed by atoms with Gasteiger partial charge in [0.2, 0.25) is 0 Å². The number of unbranched alkanes of at least 4 members (excludes halogenated alkanes) is 1. The minimum atomic E-state index is -0.310. The zero-order valence-electron chi connectivity index (χ0n) is 11.5. The van der Waals surface area contributed by atoms with Crippen LogP contribution in [0.4, 0.5) is 0 Å². The Balaban J connectivity index is 2.77. The van der Waals surface area contributed by atoms with E-state index >= 15 is 0 Å². The van der Waals surface area contributed by atoms with E-state index in [0.717, 1.165) is 19.3 Å². The first-order chi connectivity index (χ1) is 8.04. The van der Waals surface area contributed by atoms with Crippen LogP contribution in [0.2, 0.25) is 0 Å². The predicted octanol–water partition coefficient (Wildman–Crippen LogP) is 4.18. The van der Waals surface area contributed by atoms with Gasteiger partial charge in [-0.15, -0.1) is 0 Å². The molecule has 0 aliphatic rings. The average molecular weight is 232 g/mol. The standard InChI is InChI=1S/C16H24O/c1-5-6-7-15(17)8-9-16-13(3)10-12(2)11-14(16)4/h8-11,15,17H,5-7H2,1-4H3/b9-8+/t15-/m0/s1. The molecule has 0 fully saturated rings. The monoisotopic (exact) mass is 232 g/mol. The highest BCUT2D eigenvalue weighted by molar-refractivity contribution is 5.58. The van der Waals surface area contributed by atoms with Gasteiger partial charge in [-0.2, -0.15) is 0 Å². The normalized spacial score (nSPS) is 13.2. The second kappa shape index (κ2) is 6.61. The number of aryl methyl sites for hydroxylation is 3. The molecule has 0 aromatic heterocycles. The Morgan fingerprint density at radius 2 is 1.76 bits per heavy atom. The molecule has 0 radical (unpaired) electrons. The van der Waals surface area contributed by atoms with Crippen molar-refractivity contribution in [2.45, 2.75) is 53.1 Å². The SMILES string of the molecule is CCCC[C@H](O)/C=C/c1c(C)cc(C)cc1C. The van der Waals surface area contributed by atoms with Crippen molar-refractivity contribution in [2.24, 2.45) is 0 Å². The molecule has 1 nitrogen and oxygen atoms in total. The molecule has 0 bridgehead atoms. The van der Waals surface area contributed by atoms with Gasteiger partial charge in [0.15, 0.2) is 0 Å². The number of hydrogen-bond donors (Lipinski definition) is 1. The van der Waals surface area contributed by atoms with E-state index in [1.807, 2.05) is 6.08 Å². The van der Waals surface area contributed by atoms with E-state index < -0.39 is 0 Å². The van der Waals surface area contributed by atoms with Crippen LogP contribution in [0.25, 0.3) is 6.08 Å². The quantitative estimate of drug-likeness (QED) is 0.807. The third-order valence-corrected chi connectivity index (χ3v) is 3.08. The molecule has 0 spiro atoms. The van der Waals surface area contributed by atoms with Crippen molar-refractivity contribution >= 4 is 6.08 Å². The summed E-state index contributed by atoms with van der Waals surface area (Å²) in [7, 11) is 0. The molecular weight excluding hydrogens is 208 g/mol. The molecule has 1 rings (SSSR count). The maximum absolute atomic E-state index is 9.79. The Kier molecular flexibility index (Phi) is 5.43. The lowest BCUT2D eigenvalue weighted by molar-refractivity contribution is 0.210. The van der Waals surface area contributed by atoms with Gasteiger partial charge in [0.05, 0.1) is 6.10 Å². The molecule has 1 aromatic carbocycles. The number of aliphatic hydroxyl groups is 1. The van der Waals surface area contributed by atoms with Crippen LogP contribution in [0.5, 0.6) is 0 Å². The molecule has 0 heterocycles. The number of rotatable bonds is 5. The van der Waals surface area contributed by atoms with Gasteiger partial charge < -0.3 is 5.11 Å². The van der Waals surface area contributed by atoms with Crippen molar-refractivity contribution in [1.82, 2.24) is 0 Å². The first-order valence-electron chi connectivity index (χ1n) is 6.48. The van der Waals surface area contributed by atoms with Crippen LogP contribution in [0.15, 0.2) is 18.2 Å². The zero-order valence-corrected chi connectivity index (χ0v) is 11.5. The molecule has 17 heavy (non-hydrogen) atoms. The predicted molar refractivity (Wildman–Crippen MR) is 75.2 cm³/mol. The van der Waals surface area contributed by atoms with Gasteiger partial charge in [0.1, 0.15) is 0 Å². The van der Waals surface area contributed by atoms with E-state index in [4.69, 9.17) is 0 Å². The van der Waals surface area contributed by atoms with Crippen LogP contribution in [0.3, 0.4) is 0 Å². The lowest BCUT2D eigenvalue weighted by Crippen LogP contribution is -2.01. The van der Waals surface area contributed by atoms with E-state index in [1.165, 1.54) is 22.3 Å². The lowest BCUT2D eigenvalue weighted by Gasteiger charge is -2.08. The summed E-state index contributed by atoms with van der Waals surface area (Å²) in [6.45, 7) is 8.50. The maximum Gasteiger partial charge on any atom is 0.0724 e. The molecule has 1 heteroatoms. The van der Waals surface area contributed by atoms with E-state index in [2.05, 4.69) is 45.9 Å². The van der Waals surface area contributed by atoms with Crippen LogP contribution in [0.1, 0.15) is 48.4 Å². The number of benzene rings is 1. The van der Waals surface area contributed by atoms with Crippen molar-refractivity contribution in [3.63, 3.8) is 0 Å². The van der Waals surface area contributed by atoms with E-state index in [0.29, 0.717) is 0 Å². The van der Waals surface area contributed by atoms with Crippen LogP contribution in [0, 0.1) is 20.8 Å². The van der Waals surface area contributed by atoms with E-state index in [9.17, 15) is 5.11 Å². The molecule has 94 valence electrons. The molecular formula is C16H24O. The van der Waals surface area contributed by atoms with Crippen molar-refractivity contribution in [3.8, 4) is 0 Å². The number of aliphatic hydroxyl groups excluding tert-OH is 1. The van der Waals surface area contributed by atoms with Crippen LogP contribution < -0.4 is 0 Å². The summed E-state index contributed by atoms with van der Waals surface area (Å²) in [5.74, 6) is 0. The van der Waals surface area contributed by atoms with Crippen molar-refractivity contribution < 1.29 is 5.11 Å². The molecule has 1 atom stereocenters. The summed E-state index contributed by atoms with van der Waals surface area (Å²) in [4.78, 5) is 0. The van der Waals surface area contributed by atoms with Gasteiger partial charge >= 0.3 is 0 Å². The summed E-state index contributed by atoms with van der Waals surface area (Å²) >= 11 is 0. The molecule has 1 N–H and O–H groups in total. The zero-order chi connectivity index (χ0) is 12.8. The Hall–Kier alpha value is -1.08. The van der Waals surface area contributed by atoms with Crippen molar-refractivity contribution in [1.29, 1.82) is 0 Å². The fraction of sp³-hybridized carbons (Fsp3) is 0.500. The summed E-state index contributed by atoms with van der Waals surface area (Å²) in [6.07, 6.45) is 6.74. The van der Waals surface area contributed by atoms with Gasteiger partial charge in [0.25, 0.3) is 0 Å². The minimum Gasteiger partial charge on any atom is -0.389 e. The largest absolute Gasteiger partial charge is 0.389 e. The molecule has 0 unspecified atom stereocenters. The summed E-state index contributed by atoms with van der Waals surface area (Å²) in [5.41, 5.74) is 5.10. The highest BCUT2D eigenvalue weighted by Gasteiger charge is 2.02. The van der Waals surface area contributed by atoms with Gasteiger partial charge in [-0.05, 0) is 43.9 Å². The molecule has 1 aromatic rings. The Morgan fingerprint density at radius 3 is 2.29 bits per heavy atom. The first kappa shape index (κ1) is 14.0. The molecule has 0 aliphatic heterocycles. The lowest BCUT2D eigenvalue weighted by atomic mass is 9.99. The van der Waals surface area contributed by atoms with Crippen LogP contribution >= 0.6 is 0 Å². The Bertz CT molecular complexity index is 368. The van der Waals surface area contributed by atoms with Gasteiger partial charge in [-0.1, -0.05) is 49.6 Å². The van der Waals surface area contributed by atoms with Gasteiger partial charge in [-0.25, -0.2) is 0 Å². The second-order valence-electron chi connectivity index (χ2n) is 4.88. The minimum absolute atomic E-state index is 0.310. The van der Waals surface area contributed by atoms with Gasteiger partial charge in [-0.3, -0.25) is 0 Å². The van der Waals surface area contributed by atoms with Crippen LogP contribution in [-0.4, -0.2) is 11.2 Å². The Morgan fingerprint density at radius 1 is 1.18 bits per heavy atom. The smallest absolute Gasteiger partial charge is 0.0724 e. The van der Waals surface area contributed by atoms with E-state index in [-0.39, 0.29) is 6.10 Å². The Labute approximate surface area is 105 Å². The fourth-order valence-corrected chi connectivity index (χ4v) is 2.17. The molecule has 0 saturated carbocycles. The maximum atomic E-state index is 9.79. The number of hydrogen-bond acceptors (Lipinski definition) is 1. The third kappa shape index (κ3) is 4.35. The fourth-order valence-electron chi connectivity index (χ4n) is 2.17. The highest BCUT2D eigenvalue weighted by atomic mass is 16.3. The van der Waals surface area contributed by atoms with Crippen molar-refractivity contribution in [3.05, 3.63) is 40.5 Å². The average Bonchev–Trinajstić information content (AvgIpc) is 2.24. The second-order valence-corrected chi connectivity index (χ2v) is 4.88. The van der Waals surface area contributed by atoms with Gasteiger partial charge in [0, 0.05) is 0 Å².